The summed E-state index contributed by atoms with van der Waals surface area (Å²) in [5, 5.41) is 3.08. The summed E-state index contributed by atoms with van der Waals surface area (Å²) in [5.41, 5.74) is 2.68. The van der Waals surface area contributed by atoms with Crippen molar-refractivity contribution in [1.82, 2.24) is 5.32 Å². The molecular formula is C13H16N2O2. The molecular weight excluding hydrogens is 216 g/mol. The number of amidine groups is 1. The molecule has 90 valence electrons. The summed E-state index contributed by atoms with van der Waals surface area (Å²) in [6.07, 6.45) is 0.243. The van der Waals surface area contributed by atoms with Gasteiger partial charge in [0.1, 0.15) is 0 Å². The van der Waals surface area contributed by atoms with Crippen LogP contribution in [0.5, 0.6) is 0 Å². The fourth-order valence-corrected chi connectivity index (χ4v) is 1.86. The average Bonchev–Trinajstić information content (AvgIpc) is 2.27. The Morgan fingerprint density at radius 3 is 2.88 bits per heavy atom. The molecule has 4 heteroatoms. The molecule has 0 amide bonds. The lowest BCUT2D eigenvalue weighted by Crippen LogP contribution is -2.35. The summed E-state index contributed by atoms with van der Waals surface area (Å²) in [5.74, 6) is 0. The van der Waals surface area contributed by atoms with Crippen molar-refractivity contribution in [2.75, 3.05) is 0 Å². The van der Waals surface area contributed by atoms with Crippen LogP contribution in [-0.2, 0) is 9.53 Å². The van der Waals surface area contributed by atoms with E-state index in [0.29, 0.717) is 6.02 Å². The lowest BCUT2D eigenvalue weighted by molar-refractivity contribution is -0.114. The number of aliphatic imine (C=N–C) groups is 1. The normalized spacial score (nSPS) is 18.1. The number of ether oxygens (including phenoxy) is 1. The largest absolute Gasteiger partial charge is 0.449 e. The minimum Gasteiger partial charge on any atom is -0.449 e. The smallest absolute Gasteiger partial charge is 0.291 e. The van der Waals surface area contributed by atoms with Gasteiger partial charge in [-0.05, 0) is 32.4 Å². The van der Waals surface area contributed by atoms with Crippen molar-refractivity contribution in [2.45, 2.75) is 32.9 Å². The lowest BCUT2D eigenvalue weighted by atomic mass is 10.0. The summed E-state index contributed by atoms with van der Waals surface area (Å²) in [6, 6.07) is 6.40. The Balaban J connectivity index is 2.43. The number of aldehydes is 1. The van der Waals surface area contributed by atoms with E-state index < -0.39 is 6.10 Å². The maximum absolute atomic E-state index is 11.1. The standard InChI is InChI=1S/C13H16N2O2/c1-8(2)14-13-15-10-6-4-5-9(3)12(10)11(7-16)17-13/h4-8,11H,1-3H3,(H,14,15). The summed E-state index contributed by atoms with van der Waals surface area (Å²) >= 11 is 0. The van der Waals surface area contributed by atoms with Crippen LogP contribution in [0.15, 0.2) is 23.2 Å². The Bertz CT molecular complexity index is 466. The SMILES string of the molecule is Cc1cccc2c1C(C=O)OC(NC(C)C)=N2. The fraction of sp³-hybridized carbons (Fsp3) is 0.385. The van der Waals surface area contributed by atoms with E-state index in [1.54, 1.807) is 0 Å². The molecule has 1 N–H and O–H groups in total. The lowest BCUT2D eigenvalue weighted by Gasteiger charge is -2.25. The Morgan fingerprint density at radius 1 is 1.47 bits per heavy atom. The highest BCUT2D eigenvalue weighted by molar-refractivity contribution is 5.84. The van der Waals surface area contributed by atoms with E-state index in [9.17, 15) is 4.79 Å². The van der Waals surface area contributed by atoms with Crippen molar-refractivity contribution in [2.24, 2.45) is 4.99 Å². The van der Waals surface area contributed by atoms with Gasteiger partial charge >= 0.3 is 0 Å². The highest BCUT2D eigenvalue weighted by Crippen LogP contribution is 2.33. The zero-order valence-corrected chi connectivity index (χ0v) is 10.2. The van der Waals surface area contributed by atoms with Crippen LogP contribution >= 0.6 is 0 Å². The van der Waals surface area contributed by atoms with Crippen LogP contribution in [0.3, 0.4) is 0 Å². The van der Waals surface area contributed by atoms with Gasteiger partial charge in [0.15, 0.2) is 12.4 Å². The number of benzene rings is 1. The van der Waals surface area contributed by atoms with Crippen LogP contribution in [-0.4, -0.2) is 18.3 Å². The molecule has 2 rings (SSSR count). The predicted octanol–water partition coefficient (Wildman–Crippen LogP) is 2.25. The van der Waals surface area contributed by atoms with Crippen molar-refractivity contribution in [1.29, 1.82) is 0 Å². The first kappa shape index (κ1) is 11.6. The number of carbonyl (C=O) groups is 1. The van der Waals surface area contributed by atoms with E-state index in [1.807, 2.05) is 39.0 Å². The third kappa shape index (κ3) is 2.30. The predicted molar refractivity (Wildman–Crippen MR) is 66.4 cm³/mol. The first-order chi connectivity index (χ1) is 8.11. The van der Waals surface area contributed by atoms with Gasteiger partial charge in [-0.25, -0.2) is 0 Å². The molecule has 1 aromatic carbocycles. The van der Waals surface area contributed by atoms with Crippen LogP contribution in [0, 0.1) is 6.92 Å². The van der Waals surface area contributed by atoms with Gasteiger partial charge in [-0.15, -0.1) is 0 Å². The molecule has 17 heavy (non-hydrogen) atoms. The fourth-order valence-electron chi connectivity index (χ4n) is 1.86. The Kier molecular flexibility index (Phi) is 3.13. The molecule has 0 bridgehead atoms. The van der Waals surface area contributed by atoms with Crippen LogP contribution in [0.2, 0.25) is 0 Å². The van der Waals surface area contributed by atoms with Gasteiger partial charge < -0.3 is 10.1 Å². The molecule has 1 aliphatic heterocycles. The molecule has 1 atom stereocenters. The number of rotatable bonds is 2. The van der Waals surface area contributed by atoms with E-state index in [0.717, 1.165) is 23.1 Å². The van der Waals surface area contributed by atoms with E-state index in [4.69, 9.17) is 4.74 Å². The van der Waals surface area contributed by atoms with Gasteiger partial charge in [0.05, 0.1) is 5.69 Å². The van der Waals surface area contributed by atoms with E-state index in [2.05, 4.69) is 10.3 Å². The number of nitrogens with zero attached hydrogens (tertiary/aromatic N) is 1. The quantitative estimate of drug-likeness (QED) is 0.796. The van der Waals surface area contributed by atoms with Crippen molar-refractivity contribution >= 4 is 18.0 Å². The van der Waals surface area contributed by atoms with Gasteiger partial charge in [0.25, 0.3) is 6.02 Å². The number of hydrogen-bond donors (Lipinski definition) is 1. The molecule has 1 unspecified atom stereocenters. The van der Waals surface area contributed by atoms with Crippen molar-refractivity contribution in [3.05, 3.63) is 29.3 Å². The van der Waals surface area contributed by atoms with Gasteiger partial charge in [-0.1, -0.05) is 12.1 Å². The van der Waals surface area contributed by atoms with Crippen LogP contribution < -0.4 is 5.32 Å². The average molecular weight is 232 g/mol. The molecule has 0 aromatic heterocycles. The molecule has 1 aliphatic rings. The minimum absolute atomic E-state index is 0.215. The molecule has 0 spiro atoms. The van der Waals surface area contributed by atoms with Gasteiger partial charge in [0, 0.05) is 11.6 Å². The second kappa shape index (κ2) is 4.57. The topological polar surface area (TPSA) is 50.7 Å². The summed E-state index contributed by atoms with van der Waals surface area (Å²) in [6.45, 7) is 5.94. The molecule has 0 fully saturated rings. The van der Waals surface area contributed by atoms with Crippen molar-refractivity contribution in [3.8, 4) is 0 Å². The van der Waals surface area contributed by atoms with Crippen molar-refractivity contribution in [3.63, 3.8) is 0 Å². The van der Waals surface area contributed by atoms with Crippen LogP contribution in [0.25, 0.3) is 0 Å². The number of carbonyl (C=O) groups excluding carboxylic acids is 1. The Hall–Kier alpha value is -1.84. The summed E-state index contributed by atoms with van der Waals surface area (Å²) in [4.78, 5) is 15.5. The highest BCUT2D eigenvalue weighted by Gasteiger charge is 2.25. The number of fused-ring (bicyclic) bond motifs is 1. The maximum atomic E-state index is 11.1. The maximum Gasteiger partial charge on any atom is 0.291 e. The van der Waals surface area contributed by atoms with Gasteiger partial charge in [-0.3, -0.25) is 4.79 Å². The number of aryl methyl sites for hydroxylation is 1. The first-order valence-electron chi connectivity index (χ1n) is 5.68. The molecule has 0 saturated carbocycles. The number of hydrogen-bond acceptors (Lipinski definition) is 4. The molecule has 1 aromatic rings. The molecule has 0 aliphatic carbocycles. The van der Waals surface area contributed by atoms with Gasteiger partial charge in [-0.2, -0.15) is 4.99 Å². The van der Waals surface area contributed by atoms with Crippen molar-refractivity contribution < 1.29 is 9.53 Å². The second-order valence-electron chi connectivity index (χ2n) is 4.40. The summed E-state index contributed by atoms with van der Waals surface area (Å²) < 4.78 is 5.52. The monoisotopic (exact) mass is 232 g/mol. The zero-order valence-electron chi connectivity index (χ0n) is 10.2. The van der Waals surface area contributed by atoms with E-state index in [1.165, 1.54) is 0 Å². The Labute approximate surface area is 101 Å². The van der Waals surface area contributed by atoms with E-state index in [-0.39, 0.29) is 6.04 Å². The molecule has 0 saturated heterocycles. The molecule has 4 nitrogen and oxygen atoms in total. The second-order valence-corrected chi connectivity index (χ2v) is 4.40. The summed E-state index contributed by atoms with van der Waals surface area (Å²) in [7, 11) is 0. The van der Waals surface area contributed by atoms with E-state index >= 15 is 0 Å². The first-order valence-corrected chi connectivity index (χ1v) is 5.68. The zero-order chi connectivity index (χ0) is 12.4. The number of nitrogens with one attached hydrogen (secondary N) is 1. The molecule has 1 heterocycles. The van der Waals surface area contributed by atoms with Crippen LogP contribution in [0.1, 0.15) is 31.1 Å². The highest BCUT2D eigenvalue weighted by atomic mass is 16.5. The molecule has 0 radical (unpaired) electrons. The minimum atomic E-state index is -0.565. The Morgan fingerprint density at radius 2 is 2.24 bits per heavy atom. The third-order valence-electron chi connectivity index (χ3n) is 2.58. The third-order valence-corrected chi connectivity index (χ3v) is 2.58. The van der Waals surface area contributed by atoms with Crippen LogP contribution in [0.4, 0.5) is 5.69 Å². The van der Waals surface area contributed by atoms with Gasteiger partial charge in [0.2, 0.25) is 0 Å².